The highest BCUT2D eigenvalue weighted by Crippen LogP contribution is 2.45. The molecule has 0 unspecified atom stereocenters. The van der Waals surface area contributed by atoms with Crippen LogP contribution in [0.5, 0.6) is 11.6 Å². The lowest BCUT2D eigenvalue weighted by Crippen LogP contribution is -2.20. The largest absolute Gasteiger partial charge is 0.437 e. The molecular weight excluding hydrogens is 421 g/mol. The summed E-state index contributed by atoms with van der Waals surface area (Å²) in [5.41, 5.74) is -2.95. The molecule has 5 nitrogen and oxygen atoms in total. The molecule has 29 heavy (non-hydrogen) atoms. The van der Waals surface area contributed by atoms with Crippen LogP contribution < -0.4 is 9.64 Å². The molecule has 0 N–H and O–H groups in total. The van der Waals surface area contributed by atoms with Gasteiger partial charge in [0, 0.05) is 18.1 Å². The second-order valence-electron chi connectivity index (χ2n) is 5.75. The molecule has 0 saturated carbocycles. The second kappa shape index (κ2) is 7.70. The quantitative estimate of drug-likeness (QED) is 0.398. The van der Waals surface area contributed by atoms with Gasteiger partial charge in [0.15, 0.2) is 5.69 Å². The Balaban J connectivity index is 2.20. The number of halogens is 6. The number of carbonyl (C=O) groups excluding carboxylic acids is 1. The van der Waals surface area contributed by atoms with Gasteiger partial charge in [0.25, 0.3) is 0 Å². The monoisotopic (exact) mass is 431 g/mol. The minimum absolute atomic E-state index is 0.0444. The first-order valence-electron chi connectivity index (χ1n) is 7.89. The maximum atomic E-state index is 14.2. The first-order chi connectivity index (χ1) is 13.6. The van der Waals surface area contributed by atoms with Gasteiger partial charge in [-0.3, -0.25) is 9.69 Å². The molecule has 0 atom stereocenters. The SMILES string of the molecule is Cn1nc(C(F)(F)F)c(N(C=O)c2ccc(F)cc2F)c1Oc1ccc(Cl)cc1. The van der Waals surface area contributed by atoms with Crippen LogP contribution in [0, 0.1) is 11.6 Å². The summed E-state index contributed by atoms with van der Waals surface area (Å²) in [5.74, 6) is -2.60. The molecule has 0 saturated heterocycles. The lowest BCUT2D eigenvalue weighted by atomic mass is 10.2. The fourth-order valence-corrected chi connectivity index (χ4v) is 2.67. The van der Waals surface area contributed by atoms with Gasteiger partial charge in [-0.25, -0.2) is 13.5 Å². The van der Waals surface area contributed by atoms with Crippen LogP contribution in [0.15, 0.2) is 42.5 Å². The van der Waals surface area contributed by atoms with E-state index in [4.69, 9.17) is 16.3 Å². The highest BCUT2D eigenvalue weighted by Gasteiger charge is 2.42. The lowest BCUT2D eigenvalue weighted by molar-refractivity contribution is -0.140. The minimum atomic E-state index is -4.99. The van der Waals surface area contributed by atoms with Crippen molar-refractivity contribution in [3.8, 4) is 11.6 Å². The van der Waals surface area contributed by atoms with E-state index in [2.05, 4.69) is 5.10 Å². The second-order valence-corrected chi connectivity index (χ2v) is 6.19. The van der Waals surface area contributed by atoms with Gasteiger partial charge >= 0.3 is 6.18 Å². The number of benzene rings is 2. The minimum Gasteiger partial charge on any atom is -0.437 e. The predicted octanol–water partition coefficient (Wildman–Crippen LogP) is 5.46. The standard InChI is InChI=1S/C18H11ClF5N3O2/c1-26-17(29-12-5-2-10(19)3-6-12)15(16(25-26)18(22,23)24)27(9-28)14-7-4-11(20)8-13(14)21/h2-9H,1H3. The number of carbonyl (C=O) groups is 1. The fourth-order valence-electron chi connectivity index (χ4n) is 2.54. The molecular formula is C18H11ClF5N3O2. The Labute approximate surface area is 165 Å². The van der Waals surface area contributed by atoms with E-state index in [0.717, 1.165) is 23.9 Å². The van der Waals surface area contributed by atoms with Crippen molar-refractivity contribution in [1.82, 2.24) is 9.78 Å². The average molecular weight is 432 g/mol. The zero-order valence-corrected chi connectivity index (χ0v) is 15.3. The molecule has 1 aromatic heterocycles. The van der Waals surface area contributed by atoms with Crippen molar-refractivity contribution in [2.75, 3.05) is 4.90 Å². The van der Waals surface area contributed by atoms with E-state index in [1.54, 1.807) is 0 Å². The zero-order valence-electron chi connectivity index (χ0n) is 14.5. The predicted molar refractivity (Wildman–Crippen MR) is 94.3 cm³/mol. The van der Waals surface area contributed by atoms with Gasteiger partial charge < -0.3 is 4.74 Å². The van der Waals surface area contributed by atoms with Gasteiger partial charge in [-0.05, 0) is 36.4 Å². The van der Waals surface area contributed by atoms with Gasteiger partial charge in [0.05, 0.1) is 5.69 Å². The van der Waals surface area contributed by atoms with E-state index in [1.165, 1.54) is 24.3 Å². The topological polar surface area (TPSA) is 47.4 Å². The Morgan fingerprint density at radius 1 is 1.14 bits per heavy atom. The van der Waals surface area contributed by atoms with E-state index in [1.807, 2.05) is 0 Å². The van der Waals surface area contributed by atoms with Crippen LogP contribution in [0.1, 0.15) is 5.69 Å². The Morgan fingerprint density at radius 3 is 2.34 bits per heavy atom. The smallest absolute Gasteiger partial charge is 0.437 e. The molecule has 0 aliphatic heterocycles. The Bertz CT molecular complexity index is 1050. The summed E-state index contributed by atoms with van der Waals surface area (Å²) in [5, 5.41) is 3.74. The van der Waals surface area contributed by atoms with E-state index < -0.39 is 40.8 Å². The molecule has 0 radical (unpaired) electrons. The van der Waals surface area contributed by atoms with Crippen molar-refractivity contribution < 1.29 is 31.5 Å². The summed E-state index contributed by atoms with van der Waals surface area (Å²) in [4.78, 5) is 12.0. The van der Waals surface area contributed by atoms with Gasteiger partial charge in [-0.2, -0.15) is 18.3 Å². The van der Waals surface area contributed by atoms with E-state index in [9.17, 15) is 26.7 Å². The van der Waals surface area contributed by atoms with Crippen molar-refractivity contribution in [2.45, 2.75) is 6.18 Å². The summed E-state index contributed by atoms with van der Waals surface area (Å²) in [6, 6.07) is 7.72. The number of hydrogen-bond donors (Lipinski definition) is 0. The van der Waals surface area contributed by atoms with Crippen molar-refractivity contribution in [1.29, 1.82) is 0 Å². The number of alkyl halides is 3. The number of anilines is 2. The maximum absolute atomic E-state index is 14.2. The first-order valence-corrected chi connectivity index (χ1v) is 8.27. The van der Waals surface area contributed by atoms with Crippen LogP contribution in [0.25, 0.3) is 0 Å². The third-order valence-corrected chi connectivity index (χ3v) is 4.04. The van der Waals surface area contributed by atoms with E-state index in [0.29, 0.717) is 16.0 Å². The third kappa shape index (κ3) is 4.16. The van der Waals surface area contributed by atoms with Crippen LogP contribution >= 0.6 is 11.6 Å². The molecule has 0 aliphatic rings. The Kier molecular flexibility index (Phi) is 5.47. The highest BCUT2D eigenvalue weighted by molar-refractivity contribution is 6.30. The molecule has 0 bridgehead atoms. The highest BCUT2D eigenvalue weighted by atomic mass is 35.5. The summed E-state index contributed by atoms with van der Waals surface area (Å²) in [6.07, 6.45) is -5.04. The average Bonchev–Trinajstić information content (AvgIpc) is 2.96. The van der Waals surface area contributed by atoms with E-state index >= 15 is 0 Å². The van der Waals surface area contributed by atoms with Gasteiger partial charge in [-0.15, -0.1) is 0 Å². The molecule has 1 heterocycles. The summed E-state index contributed by atoms with van der Waals surface area (Å²) >= 11 is 5.78. The number of hydrogen-bond acceptors (Lipinski definition) is 3. The number of aromatic nitrogens is 2. The molecule has 152 valence electrons. The van der Waals surface area contributed by atoms with Crippen molar-refractivity contribution in [2.24, 2.45) is 7.05 Å². The van der Waals surface area contributed by atoms with Gasteiger partial charge in [-0.1, -0.05) is 11.6 Å². The van der Waals surface area contributed by atoms with Crippen LogP contribution in [0.2, 0.25) is 5.02 Å². The summed E-state index contributed by atoms with van der Waals surface area (Å²) in [7, 11) is 1.16. The zero-order chi connectivity index (χ0) is 21.3. The molecule has 11 heteroatoms. The number of amides is 1. The number of rotatable bonds is 5. The number of aryl methyl sites for hydroxylation is 1. The van der Waals surface area contributed by atoms with Crippen molar-refractivity contribution in [3.63, 3.8) is 0 Å². The Morgan fingerprint density at radius 2 is 1.79 bits per heavy atom. The van der Waals surface area contributed by atoms with Gasteiger partial charge in [0.2, 0.25) is 12.3 Å². The summed E-state index contributed by atoms with van der Waals surface area (Å²) in [6.45, 7) is 0. The van der Waals surface area contributed by atoms with Crippen molar-refractivity contribution >= 4 is 29.4 Å². The van der Waals surface area contributed by atoms with Gasteiger partial charge in [0.1, 0.15) is 23.1 Å². The molecule has 2 aromatic carbocycles. The van der Waals surface area contributed by atoms with Crippen molar-refractivity contribution in [3.05, 3.63) is 64.8 Å². The lowest BCUT2D eigenvalue weighted by Gasteiger charge is -2.20. The normalized spacial score (nSPS) is 11.4. The number of nitrogens with zero attached hydrogens (tertiary/aromatic N) is 3. The van der Waals surface area contributed by atoms with E-state index in [-0.39, 0.29) is 12.2 Å². The molecule has 3 rings (SSSR count). The summed E-state index contributed by atoms with van der Waals surface area (Å²) < 4.78 is 74.4. The molecule has 0 spiro atoms. The molecule has 0 aliphatic carbocycles. The van der Waals surface area contributed by atoms with Crippen LogP contribution in [-0.2, 0) is 18.0 Å². The van der Waals surface area contributed by atoms with Crippen LogP contribution in [0.3, 0.4) is 0 Å². The molecule has 0 fully saturated rings. The Hall–Kier alpha value is -3.14. The fraction of sp³-hybridized carbons (Fsp3) is 0.111. The first kappa shape index (κ1) is 20.6. The molecule has 1 amide bonds. The third-order valence-electron chi connectivity index (χ3n) is 3.78. The maximum Gasteiger partial charge on any atom is 0.437 e. The molecule has 3 aromatic rings. The van der Waals surface area contributed by atoms with Crippen LogP contribution in [-0.4, -0.2) is 16.2 Å². The van der Waals surface area contributed by atoms with Crippen LogP contribution in [0.4, 0.5) is 33.3 Å². The number of ether oxygens (including phenoxy) is 1.